The molecule has 3 rings (SSSR count). The van der Waals surface area contributed by atoms with Crippen molar-refractivity contribution in [2.45, 2.75) is 6.18 Å². The summed E-state index contributed by atoms with van der Waals surface area (Å²) in [4.78, 5) is 27.2. The van der Waals surface area contributed by atoms with Gasteiger partial charge in [0.15, 0.2) is 0 Å². The summed E-state index contributed by atoms with van der Waals surface area (Å²) in [6.07, 6.45) is -4.00. The third-order valence-electron chi connectivity index (χ3n) is 4.96. The van der Waals surface area contributed by atoms with Crippen LogP contribution in [0.25, 0.3) is 0 Å². The standard InChI is InChI=1S/C21H21ClF3N3O5S/c1-34(31,32)28(18-12-14(21(23,24)25)6-7-16(18)22)13-19(29)26-17-5-3-2-4-15(17)20(30)27-8-10-33-11-9-27/h2-7,12H,8-11,13H2,1H3,(H,26,29). The Bertz CT molecular complexity index is 1180. The van der Waals surface area contributed by atoms with Gasteiger partial charge in [-0.05, 0) is 30.3 Å². The molecule has 0 bridgehead atoms. The van der Waals surface area contributed by atoms with Gasteiger partial charge in [-0.25, -0.2) is 8.42 Å². The van der Waals surface area contributed by atoms with E-state index in [4.69, 9.17) is 16.3 Å². The highest BCUT2D eigenvalue weighted by Crippen LogP contribution is 2.36. The maximum atomic E-state index is 13.1. The molecule has 2 amide bonds. The predicted molar refractivity (Wildman–Crippen MR) is 120 cm³/mol. The van der Waals surface area contributed by atoms with Crippen LogP contribution >= 0.6 is 11.6 Å². The lowest BCUT2D eigenvalue weighted by Gasteiger charge is -2.28. The number of halogens is 4. The van der Waals surface area contributed by atoms with E-state index in [0.717, 1.165) is 12.3 Å². The van der Waals surface area contributed by atoms with Crippen molar-refractivity contribution in [3.05, 3.63) is 58.6 Å². The average molecular weight is 520 g/mol. The van der Waals surface area contributed by atoms with E-state index < -0.39 is 39.9 Å². The number of amides is 2. The van der Waals surface area contributed by atoms with Gasteiger partial charge in [-0.15, -0.1) is 0 Å². The van der Waals surface area contributed by atoms with Crippen molar-refractivity contribution >= 4 is 44.8 Å². The molecule has 0 aliphatic carbocycles. The number of hydrogen-bond donors (Lipinski definition) is 1. The van der Waals surface area contributed by atoms with Crippen LogP contribution in [0.5, 0.6) is 0 Å². The van der Waals surface area contributed by atoms with Crippen molar-refractivity contribution < 1.29 is 35.9 Å². The molecular formula is C21H21ClF3N3O5S. The zero-order chi connectivity index (χ0) is 25.1. The first kappa shape index (κ1) is 25.8. The molecular weight excluding hydrogens is 499 g/mol. The zero-order valence-electron chi connectivity index (χ0n) is 17.9. The molecule has 0 aromatic heterocycles. The van der Waals surface area contributed by atoms with Crippen molar-refractivity contribution in [2.24, 2.45) is 0 Å². The molecule has 13 heteroatoms. The van der Waals surface area contributed by atoms with Crippen LogP contribution in [0.1, 0.15) is 15.9 Å². The summed E-state index contributed by atoms with van der Waals surface area (Å²) in [6, 6.07) is 8.33. The molecule has 8 nitrogen and oxygen atoms in total. The molecule has 0 saturated carbocycles. The Hall–Kier alpha value is -2.83. The molecule has 1 N–H and O–H groups in total. The van der Waals surface area contributed by atoms with E-state index >= 15 is 0 Å². The number of morpholine rings is 1. The highest BCUT2D eigenvalue weighted by Gasteiger charge is 2.33. The SMILES string of the molecule is CS(=O)(=O)N(CC(=O)Nc1ccccc1C(=O)N1CCOCC1)c1cc(C(F)(F)F)ccc1Cl. The van der Waals surface area contributed by atoms with Gasteiger partial charge in [0.25, 0.3) is 5.91 Å². The van der Waals surface area contributed by atoms with Crippen LogP contribution in [0.15, 0.2) is 42.5 Å². The van der Waals surface area contributed by atoms with E-state index in [1.165, 1.54) is 12.1 Å². The molecule has 0 atom stereocenters. The number of para-hydroxylation sites is 1. The Balaban J connectivity index is 1.86. The van der Waals surface area contributed by atoms with Crippen LogP contribution in [0.4, 0.5) is 24.5 Å². The highest BCUT2D eigenvalue weighted by molar-refractivity contribution is 7.92. The Morgan fingerprint density at radius 2 is 1.79 bits per heavy atom. The van der Waals surface area contributed by atoms with E-state index in [-0.39, 0.29) is 22.2 Å². The number of hydrogen-bond acceptors (Lipinski definition) is 5. The van der Waals surface area contributed by atoms with Gasteiger partial charge in [0.05, 0.1) is 47.0 Å². The van der Waals surface area contributed by atoms with Gasteiger partial charge in [-0.3, -0.25) is 13.9 Å². The fourth-order valence-corrected chi connectivity index (χ4v) is 4.43. The molecule has 1 fully saturated rings. The number of ether oxygens (including phenoxy) is 1. The second-order valence-electron chi connectivity index (χ2n) is 7.43. The molecule has 1 aliphatic rings. The number of carbonyl (C=O) groups excluding carboxylic acids is 2. The number of carbonyl (C=O) groups is 2. The second kappa shape index (κ2) is 10.2. The van der Waals surface area contributed by atoms with Crippen LogP contribution < -0.4 is 9.62 Å². The molecule has 0 unspecified atom stereocenters. The molecule has 1 saturated heterocycles. The van der Waals surface area contributed by atoms with E-state index in [2.05, 4.69) is 5.32 Å². The summed E-state index contributed by atoms with van der Waals surface area (Å²) in [5, 5.41) is 2.19. The van der Waals surface area contributed by atoms with Crippen molar-refractivity contribution in [1.29, 1.82) is 0 Å². The minimum atomic E-state index is -4.75. The fourth-order valence-electron chi connectivity index (χ4n) is 3.30. The van der Waals surface area contributed by atoms with E-state index in [0.29, 0.717) is 42.7 Å². The minimum Gasteiger partial charge on any atom is -0.378 e. The Kier molecular flexibility index (Phi) is 7.74. The maximum absolute atomic E-state index is 13.1. The number of alkyl halides is 3. The predicted octanol–water partition coefficient (Wildman–Crippen LogP) is 3.24. The minimum absolute atomic E-state index is 0.132. The summed E-state index contributed by atoms with van der Waals surface area (Å²) < 4.78 is 69.9. The van der Waals surface area contributed by atoms with Gasteiger partial charge in [-0.2, -0.15) is 13.2 Å². The molecule has 0 spiro atoms. The van der Waals surface area contributed by atoms with Gasteiger partial charge in [0, 0.05) is 13.1 Å². The van der Waals surface area contributed by atoms with Gasteiger partial charge in [0.1, 0.15) is 6.54 Å². The zero-order valence-corrected chi connectivity index (χ0v) is 19.5. The lowest BCUT2D eigenvalue weighted by atomic mass is 10.1. The lowest BCUT2D eigenvalue weighted by molar-refractivity contribution is -0.137. The molecule has 0 radical (unpaired) electrons. The molecule has 184 valence electrons. The van der Waals surface area contributed by atoms with Crippen molar-refractivity contribution in [3.63, 3.8) is 0 Å². The number of rotatable bonds is 6. The summed E-state index contributed by atoms with van der Waals surface area (Å²) in [5.41, 5.74) is -1.30. The highest BCUT2D eigenvalue weighted by atomic mass is 35.5. The third-order valence-corrected chi connectivity index (χ3v) is 6.41. The van der Waals surface area contributed by atoms with Crippen LogP contribution in [0, 0.1) is 0 Å². The van der Waals surface area contributed by atoms with E-state index in [9.17, 15) is 31.2 Å². The summed E-state index contributed by atoms with van der Waals surface area (Å²) >= 11 is 5.98. The lowest BCUT2D eigenvalue weighted by Crippen LogP contribution is -2.41. The van der Waals surface area contributed by atoms with Crippen LogP contribution in [0.2, 0.25) is 5.02 Å². The first-order valence-electron chi connectivity index (χ1n) is 9.98. The monoisotopic (exact) mass is 519 g/mol. The van der Waals surface area contributed by atoms with Crippen LogP contribution in [-0.4, -0.2) is 64.2 Å². The quantitative estimate of drug-likeness (QED) is 0.632. The van der Waals surface area contributed by atoms with Crippen LogP contribution in [-0.2, 0) is 25.7 Å². The third kappa shape index (κ3) is 6.19. The summed E-state index contributed by atoms with van der Waals surface area (Å²) in [7, 11) is -4.20. The van der Waals surface area contributed by atoms with Gasteiger partial charge >= 0.3 is 6.18 Å². The normalized spacial score (nSPS) is 14.6. The topological polar surface area (TPSA) is 96.0 Å². The summed E-state index contributed by atoms with van der Waals surface area (Å²) in [6.45, 7) is 0.636. The van der Waals surface area contributed by atoms with Crippen LogP contribution in [0.3, 0.4) is 0 Å². The number of anilines is 2. The number of sulfonamides is 1. The number of nitrogens with zero attached hydrogens (tertiary/aromatic N) is 2. The number of nitrogens with one attached hydrogen (secondary N) is 1. The fraction of sp³-hybridized carbons (Fsp3) is 0.333. The van der Waals surface area contributed by atoms with E-state index in [1.807, 2.05) is 0 Å². The van der Waals surface area contributed by atoms with Crippen molar-refractivity contribution in [1.82, 2.24) is 4.90 Å². The van der Waals surface area contributed by atoms with E-state index in [1.54, 1.807) is 17.0 Å². The molecule has 2 aromatic rings. The Morgan fingerprint density at radius 3 is 2.41 bits per heavy atom. The van der Waals surface area contributed by atoms with Crippen molar-refractivity contribution in [3.8, 4) is 0 Å². The largest absolute Gasteiger partial charge is 0.416 e. The molecule has 34 heavy (non-hydrogen) atoms. The Morgan fingerprint density at radius 1 is 1.15 bits per heavy atom. The molecule has 1 aliphatic heterocycles. The van der Waals surface area contributed by atoms with Crippen molar-refractivity contribution in [2.75, 3.05) is 48.7 Å². The van der Waals surface area contributed by atoms with Gasteiger partial charge in [0.2, 0.25) is 15.9 Å². The molecule has 1 heterocycles. The van der Waals surface area contributed by atoms with Gasteiger partial charge < -0.3 is 15.0 Å². The smallest absolute Gasteiger partial charge is 0.378 e. The Labute approximate surface area is 199 Å². The second-order valence-corrected chi connectivity index (χ2v) is 9.75. The summed E-state index contributed by atoms with van der Waals surface area (Å²) in [5.74, 6) is -1.22. The van der Waals surface area contributed by atoms with Gasteiger partial charge in [-0.1, -0.05) is 23.7 Å². The first-order valence-corrected chi connectivity index (χ1v) is 12.2. The first-order chi connectivity index (χ1) is 15.9. The maximum Gasteiger partial charge on any atom is 0.416 e. The average Bonchev–Trinajstić information content (AvgIpc) is 2.77. The molecule has 2 aromatic carbocycles. The number of benzene rings is 2.